The lowest BCUT2D eigenvalue weighted by Gasteiger charge is -2.13. The Kier molecular flexibility index (Phi) is 4.15. The molecule has 1 N–H and O–H groups in total. The number of hydrogen-bond acceptors (Lipinski definition) is 4. The van der Waals surface area contributed by atoms with Crippen LogP contribution in [0.3, 0.4) is 0 Å². The normalized spacial score (nSPS) is 13.3. The Hall–Kier alpha value is -1.80. The van der Waals surface area contributed by atoms with E-state index in [1.54, 1.807) is 18.5 Å². The average Bonchev–Trinajstić information content (AvgIpc) is 2.77. The summed E-state index contributed by atoms with van der Waals surface area (Å²) < 4.78 is 41.0. The van der Waals surface area contributed by atoms with E-state index in [1.807, 2.05) is 0 Å². The molecular formula is C12H15FN4O2S. The first-order chi connectivity index (χ1) is 9.37. The van der Waals surface area contributed by atoms with Crippen LogP contribution in [0.4, 0.5) is 4.39 Å². The van der Waals surface area contributed by atoms with Gasteiger partial charge in [0.05, 0.1) is 11.8 Å². The molecule has 2 rings (SSSR count). The summed E-state index contributed by atoms with van der Waals surface area (Å²) in [5.74, 6) is -0.0885. The van der Waals surface area contributed by atoms with Gasteiger partial charge in [-0.3, -0.25) is 0 Å². The molecule has 1 aromatic heterocycles. The van der Waals surface area contributed by atoms with E-state index in [0.29, 0.717) is 11.4 Å². The lowest BCUT2D eigenvalue weighted by Crippen LogP contribution is -2.29. The Balaban J connectivity index is 2.08. The maximum absolute atomic E-state index is 12.8. The molecule has 0 aliphatic heterocycles. The minimum absolute atomic E-state index is 0.213. The van der Waals surface area contributed by atoms with Crippen molar-refractivity contribution in [2.45, 2.75) is 18.7 Å². The highest BCUT2D eigenvalue weighted by Gasteiger charge is 2.19. The molecule has 0 amide bonds. The van der Waals surface area contributed by atoms with Gasteiger partial charge in [-0.15, -0.1) is 10.2 Å². The van der Waals surface area contributed by atoms with Gasteiger partial charge in [-0.2, -0.15) is 0 Å². The number of rotatable bonds is 5. The SMILES string of the molecule is CC(NS(=O)(=O)Cc1ccc(F)cc1)c1nncn1C. The summed E-state index contributed by atoms with van der Waals surface area (Å²) in [6, 6.07) is 4.87. The van der Waals surface area contributed by atoms with Crippen molar-refractivity contribution in [3.05, 3.63) is 47.8 Å². The van der Waals surface area contributed by atoms with Crippen LogP contribution in [0.2, 0.25) is 0 Å². The van der Waals surface area contributed by atoms with Crippen molar-refractivity contribution in [1.29, 1.82) is 0 Å². The quantitative estimate of drug-likeness (QED) is 0.898. The van der Waals surface area contributed by atoms with Crippen LogP contribution in [0.1, 0.15) is 24.4 Å². The molecule has 0 spiro atoms. The molecule has 2 aromatic rings. The number of benzene rings is 1. The first-order valence-corrected chi connectivity index (χ1v) is 7.61. The molecule has 0 aliphatic rings. The topological polar surface area (TPSA) is 76.9 Å². The number of nitrogens with one attached hydrogen (secondary N) is 1. The number of aryl methyl sites for hydroxylation is 1. The first kappa shape index (κ1) is 14.6. The molecular weight excluding hydrogens is 283 g/mol. The number of nitrogens with zero attached hydrogens (tertiary/aromatic N) is 3. The number of halogens is 1. The Labute approximate surface area is 116 Å². The number of hydrogen-bond donors (Lipinski definition) is 1. The minimum atomic E-state index is -3.54. The predicted octanol–water partition coefficient (Wildman–Crippen LogP) is 1.13. The van der Waals surface area contributed by atoms with Gasteiger partial charge in [-0.25, -0.2) is 17.5 Å². The lowest BCUT2D eigenvalue weighted by molar-refractivity contribution is 0.552. The molecule has 0 saturated carbocycles. The Bertz CT molecular complexity index is 682. The van der Waals surface area contributed by atoms with E-state index < -0.39 is 21.9 Å². The number of aromatic nitrogens is 3. The van der Waals surface area contributed by atoms with Crippen LogP contribution >= 0.6 is 0 Å². The van der Waals surface area contributed by atoms with Crippen molar-refractivity contribution in [1.82, 2.24) is 19.5 Å². The van der Waals surface area contributed by atoms with Crippen molar-refractivity contribution in [3.8, 4) is 0 Å². The van der Waals surface area contributed by atoms with Crippen molar-refractivity contribution < 1.29 is 12.8 Å². The van der Waals surface area contributed by atoms with Crippen LogP contribution < -0.4 is 4.72 Å². The van der Waals surface area contributed by atoms with Gasteiger partial charge in [0.25, 0.3) is 0 Å². The van der Waals surface area contributed by atoms with Crippen molar-refractivity contribution in [2.75, 3.05) is 0 Å². The van der Waals surface area contributed by atoms with Gasteiger partial charge in [0.1, 0.15) is 18.0 Å². The standard InChI is InChI=1S/C12H15FN4O2S/c1-9(12-15-14-8-17(12)2)16-20(18,19)7-10-3-5-11(13)6-4-10/h3-6,8-9,16H,7H2,1-2H3. The Morgan fingerprint density at radius 1 is 1.35 bits per heavy atom. The molecule has 0 saturated heterocycles. The fourth-order valence-electron chi connectivity index (χ4n) is 1.85. The molecule has 6 nitrogen and oxygen atoms in total. The van der Waals surface area contributed by atoms with Gasteiger partial charge in [-0.05, 0) is 24.6 Å². The van der Waals surface area contributed by atoms with Crippen molar-refractivity contribution >= 4 is 10.0 Å². The van der Waals surface area contributed by atoms with Gasteiger partial charge in [0.2, 0.25) is 10.0 Å². The molecule has 1 atom stereocenters. The summed E-state index contributed by atoms with van der Waals surface area (Å²) in [6.45, 7) is 1.69. The maximum Gasteiger partial charge on any atom is 0.216 e. The van der Waals surface area contributed by atoms with Gasteiger partial charge in [-0.1, -0.05) is 12.1 Å². The second-order valence-corrected chi connectivity index (χ2v) is 6.28. The Morgan fingerprint density at radius 2 is 2.00 bits per heavy atom. The predicted molar refractivity (Wildman–Crippen MR) is 71.6 cm³/mol. The summed E-state index contributed by atoms with van der Waals surface area (Å²) in [7, 11) is -1.81. The van der Waals surface area contributed by atoms with E-state index >= 15 is 0 Å². The average molecular weight is 298 g/mol. The lowest BCUT2D eigenvalue weighted by atomic mass is 10.2. The fourth-order valence-corrected chi connectivity index (χ4v) is 3.21. The van der Waals surface area contributed by atoms with Crippen LogP contribution in [0, 0.1) is 5.82 Å². The zero-order valence-corrected chi connectivity index (χ0v) is 11.9. The van der Waals surface area contributed by atoms with E-state index in [2.05, 4.69) is 14.9 Å². The van der Waals surface area contributed by atoms with Crippen molar-refractivity contribution in [3.63, 3.8) is 0 Å². The summed E-state index contributed by atoms with van der Waals surface area (Å²) in [6.07, 6.45) is 1.50. The molecule has 20 heavy (non-hydrogen) atoms. The van der Waals surface area contributed by atoms with Gasteiger partial charge < -0.3 is 4.57 Å². The first-order valence-electron chi connectivity index (χ1n) is 5.96. The highest BCUT2D eigenvalue weighted by molar-refractivity contribution is 7.88. The maximum atomic E-state index is 12.8. The van der Waals surface area contributed by atoms with Crippen LogP contribution in [-0.4, -0.2) is 23.2 Å². The van der Waals surface area contributed by atoms with Crippen LogP contribution in [-0.2, 0) is 22.8 Å². The van der Waals surface area contributed by atoms with Crippen molar-refractivity contribution in [2.24, 2.45) is 7.05 Å². The zero-order valence-electron chi connectivity index (χ0n) is 11.1. The summed E-state index contributed by atoms with van der Waals surface area (Å²) in [5, 5.41) is 7.56. The molecule has 0 bridgehead atoms. The molecule has 0 radical (unpaired) electrons. The molecule has 0 fully saturated rings. The van der Waals surface area contributed by atoms with Gasteiger partial charge >= 0.3 is 0 Å². The van der Waals surface area contributed by atoms with E-state index in [-0.39, 0.29) is 5.75 Å². The van der Waals surface area contributed by atoms with E-state index in [0.717, 1.165) is 0 Å². The molecule has 1 heterocycles. The second-order valence-electron chi connectivity index (χ2n) is 4.53. The largest absolute Gasteiger partial charge is 0.319 e. The van der Waals surface area contributed by atoms with Crippen LogP contribution in [0.15, 0.2) is 30.6 Å². The van der Waals surface area contributed by atoms with Gasteiger partial charge in [0.15, 0.2) is 0 Å². The summed E-state index contributed by atoms with van der Waals surface area (Å²) in [5.41, 5.74) is 0.518. The van der Waals surface area contributed by atoms with E-state index in [1.165, 1.54) is 30.6 Å². The minimum Gasteiger partial charge on any atom is -0.319 e. The zero-order chi connectivity index (χ0) is 14.8. The molecule has 1 aromatic carbocycles. The van der Waals surface area contributed by atoms with Crippen LogP contribution in [0.5, 0.6) is 0 Å². The van der Waals surface area contributed by atoms with Crippen LogP contribution in [0.25, 0.3) is 0 Å². The van der Waals surface area contributed by atoms with Gasteiger partial charge in [0, 0.05) is 7.05 Å². The summed E-state index contributed by atoms with van der Waals surface area (Å²) in [4.78, 5) is 0. The smallest absolute Gasteiger partial charge is 0.216 e. The molecule has 0 aliphatic carbocycles. The highest BCUT2D eigenvalue weighted by atomic mass is 32.2. The number of sulfonamides is 1. The van der Waals surface area contributed by atoms with E-state index in [4.69, 9.17) is 0 Å². The van der Waals surface area contributed by atoms with E-state index in [9.17, 15) is 12.8 Å². The molecule has 1 unspecified atom stereocenters. The summed E-state index contributed by atoms with van der Waals surface area (Å²) >= 11 is 0. The third kappa shape index (κ3) is 3.61. The monoisotopic (exact) mass is 298 g/mol. The highest BCUT2D eigenvalue weighted by Crippen LogP contribution is 2.12. The third-order valence-electron chi connectivity index (χ3n) is 2.76. The second kappa shape index (κ2) is 5.68. The molecule has 108 valence electrons. The Morgan fingerprint density at radius 3 is 2.55 bits per heavy atom. The third-order valence-corrected chi connectivity index (χ3v) is 4.19. The molecule has 8 heteroatoms. The fraction of sp³-hybridized carbons (Fsp3) is 0.333.